The summed E-state index contributed by atoms with van der Waals surface area (Å²) < 4.78 is 51.0. The number of alkyl halides is 3. The van der Waals surface area contributed by atoms with Crippen LogP contribution in [0.25, 0.3) is 0 Å². The summed E-state index contributed by atoms with van der Waals surface area (Å²) in [6, 6.07) is 1.79. The van der Waals surface area contributed by atoms with Crippen molar-refractivity contribution in [1.29, 1.82) is 5.26 Å². The van der Waals surface area contributed by atoms with E-state index in [1.54, 1.807) is 19.2 Å². The van der Waals surface area contributed by atoms with Gasteiger partial charge in [-0.3, -0.25) is 0 Å². The number of thiazole rings is 1. The van der Waals surface area contributed by atoms with E-state index in [1.807, 2.05) is 0 Å². The summed E-state index contributed by atoms with van der Waals surface area (Å²) in [5, 5.41) is 12.3. The summed E-state index contributed by atoms with van der Waals surface area (Å²) in [5.74, 6) is -0.785. The Balaban J connectivity index is 2.65. The van der Waals surface area contributed by atoms with Gasteiger partial charge in [0.25, 0.3) is 5.19 Å². The lowest BCUT2D eigenvalue weighted by Gasteiger charge is -2.10. The largest absolute Gasteiger partial charge is 0.460 e. The smallest absolute Gasteiger partial charge is 0.422 e. The van der Waals surface area contributed by atoms with Crippen molar-refractivity contribution in [1.82, 2.24) is 10.3 Å². The lowest BCUT2D eigenvalue weighted by atomic mass is 10.3. The molecule has 0 fully saturated rings. The molecule has 0 bridgehead atoms. The van der Waals surface area contributed by atoms with Gasteiger partial charge >= 0.3 is 12.1 Å². The van der Waals surface area contributed by atoms with Gasteiger partial charge < -0.3 is 19.5 Å². The van der Waals surface area contributed by atoms with Crippen LogP contribution in [0, 0.1) is 11.3 Å². The van der Waals surface area contributed by atoms with Crippen molar-refractivity contribution in [3.8, 4) is 11.3 Å². The van der Waals surface area contributed by atoms with Gasteiger partial charge in [0.05, 0.1) is 18.2 Å². The molecule has 1 rings (SSSR count). The quantitative estimate of drug-likeness (QED) is 0.250. The van der Waals surface area contributed by atoms with Crippen LogP contribution in [0.1, 0.15) is 11.8 Å². The lowest BCUT2D eigenvalue weighted by Crippen LogP contribution is -2.19. The molecule has 0 unspecified atom stereocenters. The van der Waals surface area contributed by atoms with Crippen LogP contribution in [-0.2, 0) is 20.8 Å². The third-order valence-corrected chi connectivity index (χ3v) is 4.39. The predicted octanol–water partition coefficient (Wildman–Crippen LogP) is 2.85. The van der Waals surface area contributed by atoms with Crippen molar-refractivity contribution in [3.05, 3.63) is 21.7 Å². The Hall–Kier alpha value is -1.97. The first-order valence-corrected chi connectivity index (χ1v) is 9.66. The Labute approximate surface area is 162 Å². The van der Waals surface area contributed by atoms with Crippen LogP contribution in [0.3, 0.4) is 0 Å². The Kier molecular flexibility index (Phi) is 9.98. The Bertz CT molecular complexity index is 687. The number of hydrogen-bond acceptors (Lipinski definition) is 9. The molecule has 1 aromatic rings. The van der Waals surface area contributed by atoms with E-state index in [9.17, 15) is 23.2 Å². The van der Waals surface area contributed by atoms with Gasteiger partial charge in [0.1, 0.15) is 12.7 Å². The zero-order valence-electron chi connectivity index (χ0n) is 14.6. The summed E-state index contributed by atoms with van der Waals surface area (Å²) in [7, 11) is 0. The SMILES string of the molecule is CCOCCOC(=O)/C(C#N)=C(\NCc1cnc(OCC(F)(F)F)s1)SC. The van der Waals surface area contributed by atoms with E-state index in [0.29, 0.717) is 11.5 Å². The molecular formula is C15H18F3N3O4S2. The molecule has 150 valence electrons. The summed E-state index contributed by atoms with van der Waals surface area (Å²) in [6.07, 6.45) is -1.42. The third-order valence-electron chi connectivity index (χ3n) is 2.73. The molecule has 27 heavy (non-hydrogen) atoms. The number of nitrogens with zero attached hydrogens (tertiary/aromatic N) is 2. The van der Waals surface area contributed by atoms with Crippen molar-refractivity contribution in [2.75, 3.05) is 32.7 Å². The molecule has 0 saturated carbocycles. The normalized spacial score (nSPS) is 12.1. The zero-order chi connectivity index (χ0) is 20.3. The first-order valence-electron chi connectivity index (χ1n) is 7.62. The topological polar surface area (TPSA) is 93.5 Å². The molecule has 0 aliphatic heterocycles. The summed E-state index contributed by atoms with van der Waals surface area (Å²) in [5.41, 5.74) is -0.197. The highest BCUT2D eigenvalue weighted by Gasteiger charge is 2.29. The van der Waals surface area contributed by atoms with E-state index >= 15 is 0 Å². The van der Waals surface area contributed by atoms with Gasteiger partial charge in [0.2, 0.25) is 0 Å². The van der Waals surface area contributed by atoms with Gasteiger partial charge in [-0.05, 0) is 13.2 Å². The molecule has 0 saturated heterocycles. The van der Waals surface area contributed by atoms with Crippen molar-refractivity contribution in [2.45, 2.75) is 19.6 Å². The molecule has 0 radical (unpaired) electrons. The summed E-state index contributed by atoms with van der Waals surface area (Å²) in [4.78, 5) is 16.3. The van der Waals surface area contributed by atoms with E-state index in [1.165, 1.54) is 6.20 Å². The summed E-state index contributed by atoms with van der Waals surface area (Å²) >= 11 is 2.06. The number of carbonyl (C=O) groups is 1. The van der Waals surface area contributed by atoms with E-state index in [-0.39, 0.29) is 35.6 Å². The molecule has 0 atom stereocenters. The number of ether oxygens (including phenoxy) is 3. The van der Waals surface area contributed by atoms with Crippen molar-refractivity contribution >= 4 is 29.1 Å². The van der Waals surface area contributed by atoms with Crippen molar-refractivity contribution in [3.63, 3.8) is 0 Å². The first kappa shape index (κ1) is 23.1. The minimum absolute atomic E-state index is 0.0221. The molecule has 1 heterocycles. The molecule has 0 spiro atoms. The minimum atomic E-state index is -4.44. The molecule has 7 nitrogen and oxygen atoms in total. The second kappa shape index (κ2) is 11.7. The zero-order valence-corrected chi connectivity index (χ0v) is 16.2. The maximum absolute atomic E-state index is 12.1. The first-order chi connectivity index (χ1) is 12.8. The lowest BCUT2D eigenvalue weighted by molar-refractivity contribution is -0.153. The van der Waals surface area contributed by atoms with Gasteiger partial charge in [0, 0.05) is 17.7 Å². The number of nitrogens with one attached hydrogen (secondary N) is 1. The van der Waals surface area contributed by atoms with Gasteiger partial charge in [-0.2, -0.15) is 18.4 Å². The molecule has 0 aromatic carbocycles. The van der Waals surface area contributed by atoms with E-state index < -0.39 is 18.8 Å². The Morgan fingerprint density at radius 2 is 2.19 bits per heavy atom. The number of halogens is 3. The number of esters is 1. The average Bonchev–Trinajstić information content (AvgIpc) is 3.07. The fraction of sp³-hybridized carbons (Fsp3) is 0.533. The fourth-order valence-corrected chi connectivity index (χ4v) is 2.86. The minimum Gasteiger partial charge on any atom is -0.460 e. The van der Waals surface area contributed by atoms with E-state index in [0.717, 1.165) is 23.1 Å². The Morgan fingerprint density at radius 3 is 2.78 bits per heavy atom. The molecule has 0 aliphatic carbocycles. The maximum Gasteiger partial charge on any atom is 0.422 e. The standard InChI is InChI=1S/C15H18F3N3O4S2/c1-3-23-4-5-24-13(22)11(6-19)12(26-2)20-7-10-8-21-14(27-10)25-9-15(16,17)18/h8,20H,3-5,7,9H2,1-2H3/b12-11+. The molecule has 1 N–H and O–H groups in total. The average molecular weight is 425 g/mol. The molecule has 0 aliphatic rings. The highest BCUT2D eigenvalue weighted by molar-refractivity contribution is 8.02. The highest BCUT2D eigenvalue weighted by atomic mass is 32.2. The van der Waals surface area contributed by atoms with Crippen LogP contribution < -0.4 is 10.1 Å². The number of aromatic nitrogens is 1. The Morgan fingerprint density at radius 1 is 1.44 bits per heavy atom. The van der Waals surface area contributed by atoms with Crippen molar-refractivity contribution < 1.29 is 32.2 Å². The number of hydrogen-bond donors (Lipinski definition) is 1. The maximum atomic E-state index is 12.1. The molecule has 1 aromatic heterocycles. The number of thioether (sulfide) groups is 1. The fourth-order valence-electron chi connectivity index (χ4n) is 1.61. The van der Waals surface area contributed by atoms with Crippen LogP contribution in [0.2, 0.25) is 0 Å². The van der Waals surface area contributed by atoms with Crippen LogP contribution in [0.5, 0.6) is 5.19 Å². The van der Waals surface area contributed by atoms with Gasteiger partial charge in [-0.25, -0.2) is 9.78 Å². The van der Waals surface area contributed by atoms with Crippen LogP contribution in [-0.4, -0.2) is 49.8 Å². The molecule has 12 heteroatoms. The summed E-state index contributed by atoms with van der Waals surface area (Å²) in [6.45, 7) is 1.27. The van der Waals surface area contributed by atoms with E-state index in [4.69, 9.17) is 9.47 Å². The predicted molar refractivity (Wildman–Crippen MR) is 94.1 cm³/mol. The highest BCUT2D eigenvalue weighted by Crippen LogP contribution is 2.24. The number of nitriles is 1. The van der Waals surface area contributed by atoms with Crippen molar-refractivity contribution in [2.24, 2.45) is 0 Å². The van der Waals surface area contributed by atoms with Crippen LogP contribution in [0.4, 0.5) is 13.2 Å². The van der Waals surface area contributed by atoms with E-state index in [2.05, 4.69) is 15.0 Å². The third kappa shape index (κ3) is 8.98. The monoisotopic (exact) mass is 425 g/mol. The van der Waals surface area contributed by atoms with Gasteiger partial charge in [-0.15, -0.1) is 11.8 Å². The number of rotatable bonds is 11. The van der Waals surface area contributed by atoms with Gasteiger partial charge in [0.15, 0.2) is 12.2 Å². The number of carbonyl (C=O) groups excluding carboxylic acids is 1. The van der Waals surface area contributed by atoms with Crippen LogP contribution >= 0.6 is 23.1 Å². The molecular weight excluding hydrogens is 407 g/mol. The second-order valence-electron chi connectivity index (χ2n) is 4.70. The second-order valence-corrected chi connectivity index (χ2v) is 6.60. The van der Waals surface area contributed by atoms with Crippen LogP contribution in [0.15, 0.2) is 16.8 Å². The molecule has 0 amide bonds. The van der Waals surface area contributed by atoms with Gasteiger partial charge in [-0.1, -0.05) is 11.3 Å².